The first-order valence-corrected chi connectivity index (χ1v) is 16.9. The Morgan fingerprint density at radius 1 is 0.938 bits per heavy atom. The van der Waals surface area contributed by atoms with Gasteiger partial charge in [-0.15, -0.1) is 0 Å². The van der Waals surface area contributed by atoms with Crippen LogP contribution in [-0.2, 0) is 42.2 Å². The molecule has 0 aromatic heterocycles. The van der Waals surface area contributed by atoms with Crippen molar-refractivity contribution in [2.45, 2.75) is 49.8 Å². The van der Waals surface area contributed by atoms with Crippen LogP contribution < -0.4 is 15.8 Å². The van der Waals surface area contributed by atoms with Crippen LogP contribution in [0, 0.1) is 0 Å². The standard InChI is InChI=1S/C35H37N5O7S/c1-24(41)47-38-33(36)29-14-7-11-26(19-29)20-32(39-48(44,45)31-17-16-27-12-5-6-13-28(27)21-31)34(42)40-18-8-15-30(22-40)37-35(43)46-23-25-9-3-2-4-10-25/h2-7,9-14,16-17,19,21,30,32,39H,8,15,18,20,22-23H2,1H3,(H2,36,38)(H,37,43)/t30-,32+/m1/s1. The van der Waals surface area contributed by atoms with E-state index in [1.165, 1.54) is 13.0 Å². The number of hydrogen-bond acceptors (Lipinski definition) is 8. The Labute approximate surface area is 278 Å². The van der Waals surface area contributed by atoms with Gasteiger partial charge in [0.25, 0.3) is 0 Å². The molecule has 5 rings (SSSR count). The van der Waals surface area contributed by atoms with Gasteiger partial charge in [-0.05, 0) is 59.4 Å². The number of carbonyl (C=O) groups is 3. The number of likely N-dealkylation sites (tertiary alicyclic amines) is 1. The molecule has 0 radical (unpaired) electrons. The van der Waals surface area contributed by atoms with Crippen LogP contribution in [0.1, 0.15) is 36.5 Å². The van der Waals surface area contributed by atoms with E-state index in [9.17, 15) is 22.8 Å². The summed E-state index contributed by atoms with van der Waals surface area (Å²) in [4.78, 5) is 44.1. The molecule has 4 N–H and O–H groups in total. The first-order valence-electron chi connectivity index (χ1n) is 15.4. The maximum atomic E-state index is 14.1. The molecule has 48 heavy (non-hydrogen) atoms. The number of nitrogens with zero attached hydrogens (tertiary/aromatic N) is 2. The molecule has 1 fully saturated rings. The zero-order valence-corrected chi connectivity index (χ0v) is 27.2. The summed E-state index contributed by atoms with van der Waals surface area (Å²) < 4.78 is 35.5. The predicted molar refractivity (Wildman–Crippen MR) is 180 cm³/mol. The van der Waals surface area contributed by atoms with Crippen molar-refractivity contribution < 1.29 is 32.4 Å². The van der Waals surface area contributed by atoms with Gasteiger partial charge in [-0.1, -0.05) is 84.0 Å². The highest BCUT2D eigenvalue weighted by Gasteiger charge is 2.33. The van der Waals surface area contributed by atoms with Crippen LogP contribution in [0.15, 0.2) is 107 Å². The molecule has 0 spiro atoms. The summed E-state index contributed by atoms with van der Waals surface area (Å²) in [5, 5.41) is 8.08. The number of oxime groups is 1. The third-order valence-electron chi connectivity index (χ3n) is 7.83. The molecule has 0 unspecified atom stereocenters. The number of sulfonamides is 1. The normalized spacial score (nSPS) is 15.8. The van der Waals surface area contributed by atoms with Gasteiger partial charge in [0.1, 0.15) is 12.6 Å². The second kappa shape index (κ2) is 15.5. The summed E-state index contributed by atoms with van der Waals surface area (Å²) in [5.41, 5.74) is 7.85. The highest BCUT2D eigenvalue weighted by atomic mass is 32.2. The number of hydrogen-bond donors (Lipinski definition) is 3. The molecule has 250 valence electrons. The summed E-state index contributed by atoms with van der Waals surface area (Å²) in [6, 6.07) is 26.6. The first kappa shape index (κ1) is 34.1. The topological polar surface area (TPSA) is 169 Å². The molecule has 1 heterocycles. The lowest BCUT2D eigenvalue weighted by Crippen LogP contribution is -2.55. The SMILES string of the molecule is CC(=O)O/N=C(\N)c1cccc(C[C@H](NS(=O)(=O)c2ccc3ccccc3c2)C(=O)N2CCC[C@@H](NC(=O)OCc3ccccc3)C2)c1. The van der Waals surface area contributed by atoms with Gasteiger partial charge < -0.3 is 25.5 Å². The second-order valence-corrected chi connectivity index (χ2v) is 13.2. The zero-order valence-electron chi connectivity index (χ0n) is 26.4. The maximum absolute atomic E-state index is 14.1. The lowest BCUT2D eigenvalue weighted by Gasteiger charge is -2.35. The van der Waals surface area contributed by atoms with E-state index in [1.807, 2.05) is 54.6 Å². The fourth-order valence-corrected chi connectivity index (χ4v) is 6.70. The monoisotopic (exact) mass is 671 g/mol. The molecule has 13 heteroatoms. The van der Waals surface area contributed by atoms with Gasteiger partial charge in [0.2, 0.25) is 15.9 Å². The van der Waals surface area contributed by atoms with E-state index in [2.05, 4.69) is 20.0 Å². The van der Waals surface area contributed by atoms with Crippen molar-refractivity contribution in [3.8, 4) is 0 Å². The lowest BCUT2D eigenvalue weighted by molar-refractivity contribution is -0.141. The Kier molecular flexibility index (Phi) is 11.0. The smallest absolute Gasteiger partial charge is 0.407 e. The van der Waals surface area contributed by atoms with Crippen molar-refractivity contribution in [1.29, 1.82) is 0 Å². The average Bonchev–Trinajstić information content (AvgIpc) is 3.09. The molecule has 0 aliphatic carbocycles. The number of rotatable bonds is 11. The van der Waals surface area contributed by atoms with E-state index >= 15 is 0 Å². The van der Waals surface area contributed by atoms with Crippen molar-refractivity contribution in [1.82, 2.24) is 14.9 Å². The van der Waals surface area contributed by atoms with Gasteiger partial charge >= 0.3 is 12.1 Å². The van der Waals surface area contributed by atoms with Crippen LogP contribution in [0.3, 0.4) is 0 Å². The third kappa shape index (κ3) is 9.17. The number of piperidine rings is 1. The number of benzene rings is 4. The Balaban J connectivity index is 1.35. The van der Waals surface area contributed by atoms with Gasteiger partial charge in [0.05, 0.1) is 4.90 Å². The summed E-state index contributed by atoms with van der Waals surface area (Å²) in [5.74, 6) is -1.15. The largest absolute Gasteiger partial charge is 0.445 e. The number of fused-ring (bicyclic) bond motifs is 1. The number of alkyl carbamates (subject to hydrolysis) is 1. The van der Waals surface area contributed by atoms with Crippen LogP contribution in [0.25, 0.3) is 10.8 Å². The van der Waals surface area contributed by atoms with Crippen molar-refractivity contribution in [3.05, 3.63) is 114 Å². The van der Waals surface area contributed by atoms with E-state index < -0.39 is 34.0 Å². The number of carbonyl (C=O) groups excluding carboxylic acids is 3. The molecule has 4 aromatic carbocycles. The van der Waals surface area contributed by atoms with Crippen molar-refractivity contribution in [3.63, 3.8) is 0 Å². The number of amidine groups is 1. The zero-order chi connectivity index (χ0) is 34.1. The minimum atomic E-state index is -4.16. The molecule has 12 nitrogen and oxygen atoms in total. The lowest BCUT2D eigenvalue weighted by atomic mass is 10.0. The first-order chi connectivity index (χ1) is 23.1. The van der Waals surface area contributed by atoms with Crippen molar-refractivity contribution >= 4 is 44.6 Å². The molecular formula is C35H37N5O7S. The summed E-state index contributed by atoms with van der Waals surface area (Å²) in [6.07, 6.45) is 0.601. The quantitative estimate of drug-likeness (QED) is 0.0936. The Morgan fingerprint density at radius 2 is 1.67 bits per heavy atom. The van der Waals surface area contributed by atoms with Gasteiger partial charge in [0, 0.05) is 31.6 Å². The van der Waals surface area contributed by atoms with Crippen LogP contribution >= 0.6 is 0 Å². The van der Waals surface area contributed by atoms with Gasteiger partial charge in [-0.3, -0.25) is 4.79 Å². The molecule has 1 aliphatic rings. The van der Waals surface area contributed by atoms with E-state index in [0.717, 1.165) is 16.3 Å². The van der Waals surface area contributed by atoms with Gasteiger partial charge in [-0.25, -0.2) is 18.0 Å². The molecule has 2 atom stereocenters. The molecule has 0 bridgehead atoms. The number of nitrogens with one attached hydrogen (secondary N) is 2. The van der Waals surface area contributed by atoms with Crippen LogP contribution in [0.5, 0.6) is 0 Å². The molecule has 2 amide bonds. The summed E-state index contributed by atoms with van der Waals surface area (Å²) in [6.45, 7) is 1.86. The second-order valence-electron chi connectivity index (χ2n) is 11.5. The van der Waals surface area contributed by atoms with E-state index in [0.29, 0.717) is 30.5 Å². The average molecular weight is 672 g/mol. The molecule has 0 saturated carbocycles. The van der Waals surface area contributed by atoms with E-state index in [-0.39, 0.29) is 36.3 Å². The van der Waals surface area contributed by atoms with E-state index in [4.69, 9.17) is 10.5 Å². The molecule has 1 aliphatic heterocycles. The molecule has 1 saturated heterocycles. The molecular weight excluding hydrogens is 634 g/mol. The number of ether oxygens (including phenoxy) is 1. The van der Waals surface area contributed by atoms with Crippen molar-refractivity contribution in [2.75, 3.05) is 13.1 Å². The predicted octanol–water partition coefficient (Wildman–Crippen LogP) is 3.83. The Bertz CT molecular complexity index is 1920. The fourth-order valence-electron chi connectivity index (χ4n) is 5.48. The van der Waals surface area contributed by atoms with Crippen LogP contribution in [0.4, 0.5) is 4.79 Å². The highest BCUT2D eigenvalue weighted by molar-refractivity contribution is 7.89. The highest BCUT2D eigenvalue weighted by Crippen LogP contribution is 2.21. The van der Waals surface area contributed by atoms with Gasteiger partial charge in [0.15, 0.2) is 5.84 Å². The molecule has 4 aromatic rings. The fraction of sp³-hybridized carbons (Fsp3) is 0.257. The van der Waals surface area contributed by atoms with Crippen LogP contribution in [0.2, 0.25) is 0 Å². The Hall–Kier alpha value is -5.27. The van der Waals surface area contributed by atoms with Gasteiger partial charge in [-0.2, -0.15) is 4.72 Å². The number of nitrogens with two attached hydrogens (primary N) is 1. The van der Waals surface area contributed by atoms with Crippen LogP contribution in [-0.4, -0.2) is 62.3 Å². The third-order valence-corrected chi connectivity index (χ3v) is 9.30. The summed E-state index contributed by atoms with van der Waals surface area (Å²) >= 11 is 0. The maximum Gasteiger partial charge on any atom is 0.407 e. The van der Waals surface area contributed by atoms with Crippen molar-refractivity contribution in [2.24, 2.45) is 10.9 Å². The van der Waals surface area contributed by atoms with E-state index in [1.54, 1.807) is 41.3 Å². The minimum absolute atomic E-state index is 0.0184. The number of amides is 2. The minimum Gasteiger partial charge on any atom is -0.445 e. The summed E-state index contributed by atoms with van der Waals surface area (Å²) in [7, 11) is -4.16. The Morgan fingerprint density at radius 3 is 2.44 bits per heavy atom.